The number of nitriles is 1. The molecular weight excluding hydrogens is 321 g/mol. The minimum absolute atomic E-state index is 0.0965. The van der Waals surface area contributed by atoms with Crippen LogP contribution < -0.4 is 10.1 Å². The Kier molecular flexibility index (Phi) is 5.58. The number of carbonyl (C=O) groups excluding carboxylic acids is 1. The highest BCUT2D eigenvalue weighted by Crippen LogP contribution is 2.23. The van der Waals surface area contributed by atoms with E-state index in [-0.39, 0.29) is 22.6 Å². The number of ether oxygens (including phenoxy) is 1. The largest absolute Gasteiger partial charge is 0.434 e. The van der Waals surface area contributed by atoms with E-state index in [0.29, 0.717) is 0 Å². The van der Waals surface area contributed by atoms with Gasteiger partial charge in [0.25, 0.3) is 5.91 Å². The van der Waals surface area contributed by atoms with Gasteiger partial charge in [-0.3, -0.25) is 4.79 Å². The molecule has 0 heterocycles. The number of amides is 1. The standard InChI is InChI=1S/C17H11F3N2O2/c18-13-6-2-3-7-14(13)22-16(23)12(10-21)9-11-5-1-4-8-15(11)24-17(19)20/h1-9,17H,(H,22,23)/b12-9+. The van der Waals surface area contributed by atoms with E-state index in [1.807, 2.05) is 0 Å². The number of hydrogen-bond acceptors (Lipinski definition) is 3. The van der Waals surface area contributed by atoms with Crippen LogP contribution in [-0.4, -0.2) is 12.5 Å². The summed E-state index contributed by atoms with van der Waals surface area (Å²) in [6, 6.07) is 12.8. The zero-order chi connectivity index (χ0) is 17.5. The Morgan fingerprint density at radius 2 is 1.83 bits per heavy atom. The van der Waals surface area contributed by atoms with Gasteiger partial charge >= 0.3 is 6.61 Å². The summed E-state index contributed by atoms with van der Waals surface area (Å²) in [5, 5.41) is 11.4. The molecule has 0 fully saturated rings. The van der Waals surface area contributed by atoms with Crippen molar-refractivity contribution in [2.45, 2.75) is 6.61 Å². The minimum atomic E-state index is -3.04. The van der Waals surface area contributed by atoms with Gasteiger partial charge < -0.3 is 10.1 Å². The van der Waals surface area contributed by atoms with E-state index in [4.69, 9.17) is 5.26 Å². The second kappa shape index (κ2) is 7.83. The highest BCUT2D eigenvalue weighted by atomic mass is 19.3. The van der Waals surface area contributed by atoms with Gasteiger partial charge in [0.15, 0.2) is 0 Å². The van der Waals surface area contributed by atoms with Gasteiger partial charge in [-0.05, 0) is 24.3 Å². The summed E-state index contributed by atoms with van der Waals surface area (Å²) in [6.45, 7) is -3.04. The lowest BCUT2D eigenvalue weighted by molar-refractivity contribution is -0.112. The molecule has 0 saturated carbocycles. The van der Waals surface area contributed by atoms with Crippen LogP contribution in [-0.2, 0) is 4.79 Å². The molecule has 0 spiro atoms. The molecule has 24 heavy (non-hydrogen) atoms. The van der Waals surface area contributed by atoms with Crippen molar-refractivity contribution in [3.05, 3.63) is 65.5 Å². The fraction of sp³-hybridized carbons (Fsp3) is 0.0588. The molecule has 0 bridgehead atoms. The average molecular weight is 332 g/mol. The molecule has 4 nitrogen and oxygen atoms in total. The topological polar surface area (TPSA) is 62.1 Å². The zero-order valence-corrected chi connectivity index (χ0v) is 12.2. The maximum absolute atomic E-state index is 13.5. The molecule has 7 heteroatoms. The van der Waals surface area contributed by atoms with Crippen LogP contribution >= 0.6 is 0 Å². The molecule has 2 rings (SSSR count). The smallest absolute Gasteiger partial charge is 0.387 e. The molecule has 0 atom stereocenters. The number of anilines is 1. The van der Waals surface area contributed by atoms with E-state index in [2.05, 4.69) is 10.1 Å². The molecule has 0 unspecified atom stereocenters. The molecule has 0 aliphatic rings. The Labute approximate surface area is 135 Å². The van der Waals surface area contributed by atoms with E-state index in [9.17, 15) is 18.0 Å². The van der Waals surface area contributed by atoms with Crippen LogP contribution in [0.15, 0.2) is 54.1 Å². The summed E-state index contributed by atoms with van der Waals surface area (Å²) in [6.07, 6.45) is 1.09. The second-order valence-electron chi connectivity index (χ2n) is 4.52. The normalized spacial score (nSPS) is 11.0. The van der Waals surface area contributed by atoms with Crippen molar-refractivity contribution in [3.8, 4) is 11.8 Å². The number of nitrogens with zero attached hydrogens (tertiary/aromatic N) is 1. The lowest BCUT2D eigenvalue weighted by Crippen LogP contribution is -2.14. The van der Waals surface area contributed by atoms with Gasteiger partial charge in [0.2, 0.25) is 0 Å². The van der Waals surface area contributed by atoms with Gasteiger partial charge in [-0.2, -0.15) is 14.0 Å². The van der Waals surface area contributed by atoms with Crippen molar-refractivity contribution >= 4 is 17.7 Å². The highest BCUT2D eigenvalue weighted by Gasteiger charge is 2.14. The number of para-hydroxylation sites is 2. The van der Waals surface area contributed by atoms with Crippen LogP contribution in [0.4, 0.5) is 18.9 Å². The first-order chi connectivity index (χ1) is 11.5. The number of hydrogen-bond donors (Lipinski definition) is 1. The average Bonchev–Trinajstić information content (AvgIpc) is 2.55. The Morgan fingerprint density at radius 3 is 2.50 bits per heavy atom. The van der Waals surface area contributed by atoms with Crippen LogP contribution in [0, 0.1) is 17.1 Å². The summed E-state index contributed by atoms with van der Waals surface area (Å²) in [4.78, 5) is 12.1. The van der Waals surface area contributed by atoms with Crippen LogP contribution in [0.5, 0.6) is 5.75 Å². The minimum Gasteiger partial charge on any atom is -0.434 e. The van der Waals surface area contributed by atoms with Crippen molar-refractivity contribution in [3.63, 3.8) is 0 Å². The van der Waals surface area contributed by atoms with Crippen LogP contribution in [0.1, 0.15) is 5.56 Å². The van der Waals surface area contributed by atoms with Gasteiger partial charge in [-0.15, -0.1) is 0 Å². The number of alkyl halides is 2. The Morgan fingerprint density at radius 1 is 1.17 bits per heavy atom. The highest BCUT2D eigenvalue weighted by molar-refractivity contribution is 6.09. The maximum atomic E-state index is 13.5. The Balaban J connectivity index is 2.28. The molecule has 2 aromatic carbocycles. The van der Waals surface area contributed by atoms with Crippen LogP contribution in [0.25, 0.3) is 6.08 Å². The van der Waals surface area contributed by atoms with Gasteiger partial charge in [0, 0.05) is 5.56 Å². The van der Waals surface area contributed by atoms with Crippen LogP contribution in [0.2, 0.25) is 0 Å². The molecule has 1 N–H and O–H groups in total. The number of nitrogens with one attached hydrogen (secondary N) is 1. The molecule has 122 valence electrons. The molecule has 0 aliphatic carbocycles. The molecule has 0 aliphatic heterocycles. The molecule has 0 aromatic heterocycles. The van der Waals surface area contributed by atoms with Gasteiger partial charge in [0.1, 0.15) is 23.2 Å². The number of halogens is 3. The van der Waals surface area contributed by atoms with Crippen molar-refractivity contribution in [2.75, 3.05) is 5.32 Å². The monoisotopic (exact) mass is 332 g/mol. The maximum Gasteiger partial charge on any atom is 0.387 e. The summed E-state index contributed by atoms with van der Waals surface area (Å²) < 4.78 is 42.6. The first-order valence-corrected chi connectivity index (χ1v) is 6.73. The van der Waals surface area contributed by atoms with E-state index >= 15 is 0 Å². The third-order valence-electron chi connectivity index (χ3n) is 2.92. The zero-order valence-electron chi connectivity index (χ0n) is 12.2. The van der Waals surface area contributed by atoms with Gasteiger partial charge in [0.05, 0.1) is 5.69 Å². The molecule has 2 aromatic rings. The second-order valence-corrected chi connectivity index (χ2v) is 4.52. The Bertz CT molecular complexity index is 813. The number of rotatable bonds is 5. The van der Waals surface area contributed by atoms with Crippen molar-refractivity contribution in [1.82, 2.24) is 0 Å². The summed E-state index contributed by atoms with van der Waals surface area (Å²) in [7, 11) is 0. The first kappa shape index (κ1) is 17.1. The summed E-state index contributed by atoms with van der Waals surface area (Å²) in [5.41, 5.74) is -0.359. The SMILES string of the molecule is N#C/C(=C\c1ccccc1OC(F)F)C(=O)Nc1ccccc1F. The molecule has 1 amide bonds. The third kappa shape index (κ3) is 4.36. The molecule has 0 radical (unpaired) electrons. The van der Waals surface area contributed by atoms with E-state index < -0.39 is 18.3 Å². The van der Waals surface area contributed by atoms with Gasteiger partial charge in [-0.1, -0.05) is 30.3 Å². The lowest BCUT2D eigenvalue weighted by Gasteiger charge is -2.08. The fourth-order valence-corrected chi connectivity index (χ4v) is 1.86. The van der Waals surface area contributed by atoms with E-state index in [0.717, 1.165) is 12.1 Å². The van der Waals surface area contributed by atoms with Gasteiger partial charge in [-0.25, -0.2) is 4.39 Å². The third-order valence-corrected chi connectivity index (χ3v) is 2.92. The van der Waals surface area contributed by atoms with Crippen molar-refractivity contribution in [1.29, 1.82) is 5.26 Å². The molecular formula is C17H11F3N2O2. The summed E-state index contributed by atoms with van der Waals surface area (Å²) in [5.74, 6) is -1.71. The summed E-state index contributed by atoms with van der Waals surface area (Å²) >= 11 is 0. The number of benzene rings is 2. The number of carbonyl (C=O) groups is 1. The van der Waals surface area contributed by atoms with E-state index in [1.54, 1.807) is 6.07 Å². The van der Waals surface area contributed by atoms with E-state index in [1.165, 1.54) is 42.5 Å². The predicted octanol–water partition coefficient (Wildman–Crippen LogP) is 3.97. The first-order valence-electron chi connectivity index (χ1n) is 6.73. The fourth-order valence-electron chi connectivity index (χ4n) is 1.86. The van der Waals surface area contributed by atoms with Crippen molar-refractivity contribution < 1.29 is 22.7 Å². The molecule has 0 saturated heterocycles. The quantitative estimate of drug-likeness (QED) is 0.665. The lowest BCUT2D eigenvalue weighted by atomic mass is 10.1. The van der Waals surface area contributed by atoms with Crippen LogP contribution in [0.3, 0.4) is 0 Å². The predicted molar refractivity (Wildman–Crippen MR) is 81.7 cm³/mol. The Hall–Kier alpha value is -3.27. The van der Waals surface area contributed by atoms with Crippen molar-refractivity contribution in [2.24, 2.45) is 0 Å².